The molecule has 0 bridgehead atoms. The van der Waals surface area contributed by atoms with E-state index in [-0.39, 0.29) is 10.6 Å². The van der Waals surface area contributed by atoms with Crippen LogP contribution in [0.15, 0.2) is 47.4 Å². The van der Waals surface area contributed by atoms with E-state index >= 15 is 0 Å². The summed E-state index contributed by atoms with van der Waals surface area (Å²) in [6, 6.07) is 12.7. The second kappa shape index (κ2) is 4.57. The molecule has 2 rings (SSSR count). The average molecular weight is 248 g/mol. The Hall–Kier alpha value is -1.85. The zero-order chi connectivity index (χ0) is 12.4. The zero-order valence-electron chi connectivity index (χ0n) is 8.96. The summed E-state index contributed by atoms with van der Waals surface area (Å²) in [5.41, 5.74) is 13.8. The van der Waals surface area contributed by atoms with Gasteiger partial charge in [-0.25, -0.2) is 4.21 Å². The van der Waals surface area contributed by atoms with Crippen LogP contribution in [-0.2, 0) is 11.1 Å². The van der Waals surface area contributed by atoms with Crippen molar-refractivity contribution in [3.8, 4) is 11.1 Å². The molecule has 2 aromatic rings. The lowest BCUT2D eigenvalue weighted by Gasteiger charge is -2.10. The van der Waals surface area contributed by atoms with E-state index in [2.05, 4.69) is 0 Å². The summed E-state index contributed by atoms with van der Waals surface area (Å²) in [6.45, 7) is 0. The van der Waals surface area contributed by atoms with Gasteiger partial charge in [-0.3, -0.25) is 0 Å². The molecule has 0 aliphatic rings. The Morgan fingerprint density at radius 1 is 0.941 bits per heavy atom. The monoisotopic (exact) mass is 248 g/mol. The quantitative estimate of drug-likeness (QED) is 0.561. The predicted molar refractivity (Wildman–Crippen MR) is 69.7 cm³/mol. The molecule has 17 heavy (non-hydrogen) atoms. The highest BCUT2D eigenvalue weighted by Gasteiger charge is 2.12. The van der Waals surface area contributed by atoms with Gasteiger partial charge in [0.05, 0.1) is 16.3 Å². The lowest BCUT2D eigenvalue weighted by Crippen LogP contribution is -2.03. The van der Waals surface area contributed by atoms with Crippen molar-refractivity contribution in [3.63, 3.8) is 0 Å². The minimum absolute atomic E-state index is 0.141. The van der Waals surface area contributed by atoms with Crippen LogP contribution in [0.2, 0.25) is 0 Å². The van der Waals surface area contributed by atoms with Gasteiger partial charge in [-0.2, -0.15) is 0 Å². The van der Waals surface area contributed by atoms with Crippen LogP contribution in [0.5, 0.6) is 0 Å². The third-order valence-corrected chi connectivity index (χ3v) is 3.25. The summed E-state index contributed by atoms with van der Waals surface area (Å²) in [4.78, 5) is 0.141. The fourth-order valence-electron chi connectivity index (χ4n) is 1.64. The first kappa shape index (κ1) is 11.6. The lowest BCUT2D eigenvalue weighted by molar-refractivity contribution is 0.565. The van der Waals surface area contributed by atoms with Gasteiger partial charge in [0.25, 0.3) is 0 Å². The molecule has 0 heterocycles. The van der Waals surface area contributed by atoms with Gasteiger partial charge in [-0.1, -0.05) is 36.4 Å². The summed E-state index contributed by atoms with van der Waals surface area (Å²) in [6.07, 6.45) is 0. The molecular formula is C12H12N2O2S. The first-order valence-electron chi connectivity index (χ1n) is 4.95. The van der Waals surface area contributed by atoms with Crippen molar-refractivity contribution in [2.75, 3.05) is 11.5 Å². The molecule has 0 aromatic heterocycles. The summed E-state index contributed by atoms with van der Waals surface area (Å²) in [5, 5.41) is 0. The molecule has 0 saturated carbocycles. The van der Waals surface area contributed by atoms with Crippen molar-refractivity contribution in [2.45, 2.75) is 4.90 Å². The number of nitrogens with two attached hydrogens (primary N) is 2. The molecule has 0 spiro atoms. The van der Waals surface area contributed by atoms with Gasteiger partial charge in [0.1, 0.15) is 0 Å². The molecule has 88 valence electrons. The highest BCUT2D eigenvalue weighted by Crippen LogP contribution is 2.33. The summed E-state index contributed by atoms with van der Waals surface area (Å²) >= 11 is -2.12. The molecule has 0 saturated heterocycles. The third kappa shape index (κ3) is 2.15. The molecule has 0 fully saturated rings. The molecule has 0 aliphatic heterocycles. The fourth-order valence-corrected chi connectivity index (χ4v) is 2.12. The van der Waals surface area contributed by atoms with E-state index in [9.17, 15) is 4.21 Å². The number of anilines is 2. The van der Waals surface area contributed by atoms with E-state index in [1.54, 1.807) is 6.07 Å². The second-order valence-corrected chi connectivity index (χ2v) is 4.49. The van der Waals surface area contributed by atoms with E-state index in [0.717, 1.165) is 11.1 Å². The molecule has 4 nitrogen and oxygen atoms in total. The topological polar surface area (TPSA) is 89.3 Å². The van der Waals surface area contributed by atoms with Crippen LogP contribution in [0.25, 0.3) is 11.1 Å². The highest BCUT2D eigenvalue weighted by atomic mass is 32.2. The Morgan fingerprint density at radius 2 is 1.59 bits per heavy atom. The number of nitrogen functional groups attached to an aromatic ring is 2. The van der Waals surface area contributed by atoms with Crippen molar-refractivity contribution >= 4 is 22.5 Å². The maximum Gasteiger partial charge on any atom is 0.188 e. The van der Waals surface area contributed by atoms with Crippen LogP contribution in [0, 0.1) is 0 Å². The van der Waals surface area contributed by atoms with Crippen LogP contribution in [0.3, 0.4) is 0 Å². The second-order valence-electron chi connectivity index (χ2n) is 3.55. The van der Waals surface area contributed by atoms with Crippen molar-refractivity contribution < 1.29 is 8.76 Å². The van der Waals surface area contributed by atoms with Crippen LogP contribution >= 0.6 is 0 Å². The molecule has 5 heteroatoms. The van der Waals surface area contributed by atoms with Gasteiger partial charge >= 0.3 is 0 Å². The maximum absolute atomic E-state index is 11.0. The zero-order valence-corrected chi connectivity index (χ0v) is 9.78. The minimum Gasteiger partial charge on any atom is -0.397 e. The Balaban J connectivity index is 2.60. The number of rotatable bonds is 2. The smallest absolute Gasteiger partial charge is 0.188 e. The SMILES string of the molecule is Nc1c(-c2ccccc2)ccc(S(=O)O)c1N. The molecular weight excluding hydrogens is 236 g/mol. The van der Waals surface area contributed by atoms with Gasteiger partial charge in [-0.15, -0.1) is 0 Å². The normalized spacial score (nSPS) is 12.3. The first-order valence-corrected chi connectivity index (χ1v) is 6.06. The highest BCUT2D eigenvalue weighted by molar-refractivity contribution is 7.79. The molecule has 0 amide bonds. The van der Waals surface area contributed by atoms with E-state index in [1.807, 2.05) is 30.3 Å². The average Bonchev–Trinajstić information content (AvgIpc) is 2.33. The Bertz CT molecular complexity index is 570. The summed E-state index contributed by atoms with van der Waals surface area (Å²) in [5.74, 6) is 0. The predicted octanol–water partition coefficient (Wildman–Crippen LogP) is 2.10. The maximum atomic E-state index is 11.0. The fraction of sp³-hybridized carbons (Fsp3) is 0. The van der Waals surface area contributed by atoms with Crippen molar-refractivity contribution in [2.24, 2.45) is 0 Å². The van der Waals surface area contributed by atoms with Crippen molar-refractivity contribution in [3.05, 3.63) is 42.5 Å². The summed E-state index contributed by atoms with van der Waals surface area (Å²) in [7, 11) is 0. The van der Waals surface area contributed by atoms with Gasteiger partial charge in [0.2, 0.25) is 0 Å². The standard InChI is InChI=1S/C12H12N2O2S/c13-11-9(8-4-2-1-3-5-8)6-7-10(12(11)14)17(15)16/h1-7H,13-14H2,(H,15,16). The molecule has 5 N–H and O–H groups in total. The largest absolute Gasteiger partial charge is 0.397 e. The van der Waals surface area contributed by atoms with Crippen LogP contribution in [-0.4, -0.2) is 8.76 Å². The van der Waals surface area contributed by atoms with Crippen molar-refractivity contribution in [1.82, 2.24) is 0 Å². The summed E-state index contributed by atoms with van der Waals surface area (Å²) < 4.78 is 20.0. The van der Waals surface area contributed by atoms with E-state index in [0.29, 0.717) is 5.69 Å². The molecule has 1 unspecified atom stereocenters. The lowest BCUT2D eigenvalue weighted by atomic mass is 10.0. The Morgan fingerprint density at radius 3 is 2.18 bits per heavy atom. The Labute approximate surface area is 102 Å². The van der Waals surface area contributed by atoms with Crippen molar-refractivity contribution in [1.29, 1.82) is 0 Å². The third-order valence-electron chi connectivity index (χ3n) is 2.52. The van der Waals surface area contributed by atoms with Crippen LogP contribution in [0.1, 0.15) is 0 Å². The van der Waals surface area contributed by atoms with Gasteiger partial charge in [0.15, 0.2) is 11.1 Å². The first-order chi connectivity index (χ1) is 8.11. The van der Waals surface area contributed by atoms with E-state index in [4.69, 9.17) is 16.0 Å². The van der Waals surface area contributed by atoms with Gasteiger partial charge in [0, 0.05) is 5.56 Å². The van der Waals surface area contributed by atoms with E-state index in [1.165, 1.54) is 6.07 Å². The van der Waals surface area contributed by atoms with E-state index < -0.39 is 11.1 Å². The number of hydrogen-bond donors (Lipinski definition) is 3. The van der Waals surface area contributed by atoms with Crippen LogP contribution < -0.4 is 11.5 Å². The molecule has 0 radical (unpaired) electrons. The molecule has 1 atom stereocenters. The molecule has 2 aromatic carbocycles. The number of hydrogen-bond acceptors (Lipinski definition) is 3. The Kier molecular flexibility index (Phi) is 3.12. The van der Waals surface area contributed by atoms with Gasteiger partial charge in [-0.05, 0) is 11.6 Å². The van der Waals surface area contributed by atoms with Crippen LogP contribution in [0.4, 0.5) is 11.4 Å². The van der Waals surface area contributed by atoms with Gasteiger partial charge < -0.3 is 16.0 Å². The number of benzene rings is 2. The molecule has 0 aliphatic carbocycles. The minimum atomic E-state index is -2.12.